The number of carboxylic acid groups (broad SMARTS) is 1. The average Bonchev–Trinajstić information content (AvgIpc) is 2.77. The molecule has 6 heteroatoms. The summed E-state index contributed by atoms with van der Waals surface area (Å²) in [5.41, 5.74) is 1.06. The average molecular weight is 262 g/mol. The zero-order valence-electron chi connectivity index (χ0n) is 9.51. The molecule has 0 saturated carbocycles. The lowest BCUT2D eigenvalue weighted by molar-refractivity contribution is 0.0702. The number of amides is 1. The van der Waals surface area contributed by atoms with Crippen molar-refractivity contribution in [3.05, 3.63) is 46.6 Å². The number of aromatic nitrogens is 1. The van der Waals surface area contributed by atoms with Crippen molar-refractivity contribution in [1.82, 2.24) is 4.98 Å². The number of carbonyl (C=O) groups excluding carboxylic acids is 1. The van der Waals surface area contributed by atoms with Gasteiger partial charge in [0, 0.05) is 5.69 Å². The van der Waals surface area contributed by atoms with Gasteiger partial charge in [-0.25, -0.2) is 9.78 Å². The van der Waals surface area contributed by atoms with Crippen LogP contribution >= 0.6 is 11.3 Å². The van der Waals surface area contributed by atoms with Crippen LogP contribution in [0.1, 0.15) is 25.9 Å². The van der Waals surface area contributed by atoms with Crippen molar-refractivity contribution in [2.24, 2.45) is 0 Å². The Morgan fingerprint density at radius 2 is 2.06 bits per heavy atom. The number of carbonyl (C=O) groups is 2. The highest BCUT2D eigenvalue weighted by Gasteiger charge is 2.11. The highest BCUT2D eigenvalue weighted by molar-refractivity contribution is 7.18. The Morgan fingerprint density at radius 1 is 1.28 bits per heavy atom. The number of hydrogen-bond donors (Lipinski definition) is 2. The Morgan fingerprint density at radius 3 is 2.67 bits per heavy atom. The lowest BCUT2D eigenvalue weighted by atomic mass is 10.3. The lowest BCUT2D eigenvalue weighted by Gasteiger charge is -2.02. The van der Waals surface area contributed by atoms with E-state index in [1.807, 2.05) is 0 Å². The molecular formula is C12H10N2O3S. The maximum absolute atomic E-state index is 11.8. The van der Waals surface area contributed by atoms with Crippen molar-refractivity contribution < 1.29 is 14.7 Å². The maximum atomic E-state index is 11.8. The number of hydrogen-bond acceptors (Lipinski definition) is 4. The standard InChI is InChI=1S/C12H10N2O3S/c1-7-3-2-4-8(13-7)11(15)14-10-6-5-9(18-10)12(16)17/h2-6H,1H3,(H,14,15)(H,16,17). The largest absolute Gasteiger partial charge is 0.477 e. The molecule has 0 aliphatic rings. The lowest BCUT2D eigenvalue weighted by Crippen LogP contribution is -2.13. The van der Waals surface area contributed by atoms with Crippen molar-refractivity contribution in [3.8, 4) is 0 Å². The van der Waals surface area contributed by atoms with Gasteiger partial charge in [-0.2, -0.15) is 0 Å². The Balaban J connectivity index is 2.13. The van der Waals surface area contributed by atoms with Gasteiger partial charge in [-0.1, -0.05) is 6.07 Å². The van der Waals surface area contributed by atoms with Crippen molar-refractivity contribution in [3.63, 3.8) is 0 Å². The summed E-state index contributed by atoms with van der Waals surface area (Å²) in [5.74, 6) is -1.35. The smallest absolute Gasteiger partial charge is 0.345 e. The van der Waals surface area contributed by atoms with E-state index < -0.39 is 5.97 Å². The summed E-state index contributed by atoms with van der Waals surface area (Å²) >= 11 is 1.01. The molecule has 5 nitrogen and oxygen atoms in total. The van der Waals surface area contributed by atoms with E-state index in [2.05, 4.69) is 10.3 Å². The third-order valence-corrected chi connectivity index (χ3v) is 3.16. The van der Waals surface area contributed by atoms with E-state index in [-0.39, 0.29) is 10.8 Å². The van der Waals surface area contributed by atoms with Crippen LogP contribution in [0.15, 0.2) is 30.3 Å². The summed E-state index contributed by atoms with van der Waals surface area (Å²) in [6.45, 7) is 1.80. The molecule has 2 heterocycles. The maximum Gasteiger partial charge on any atom is 0.345 e. The molecule has 2 aromatic heterocycles. The second-order valence-corrected chi connectivity index (χ2v) is 4.67. The van der Waals surface area contributed by atoms with Crippen LogP contribution < -0.4 is 5.32 Å². The van der Waals surface area contributed by atoms with E-state index in [1.165, 1.54) is 6.07 Å². The first kappa shape index (κ1) is 12.3. The number of carboxylic acids is 1. The van der Waals surface area contributed by atoms with E-state index in [4.69, 9.17) is 5.11 Å². The minimum Gasteiger partial charge on any atom is -0.477 e. The van der Waals surface area contributed by atoms with E-state index in [9.17, 15) is 9.59 Å². The second-order valence-electron chi connectivity index (χ2n) is 3.59. The quantitative estimate of drug-likeness (QED) is 0.890. The van der Waals surface area contributed by atoms with Crippen molar-refractivity contribution in [2.75, 3.05) is 5.32 Å². The molecule has 92 valence electrons. The predicted octanol–water partition coefficient (Wildman–Crippen LogP) is 2.40. The molecule has 0 bridgehead atoms. The van der Waals surface area contributed by atoms with Crippen LogP contribution in [0.4, 0.5) is 5.00 Å². The molecule has 1 amide bonds. The zero-order valence-corrected chi connectivity index (χ0v) is 10.3. The Bertz CT molecular complexity index is 607. The number of pyridine rings is 1. The van der Waals surface area contributed by atoms with Crippen LogP contribution in [0.3, 0.4) is 0 Å². The minimum absolute atomic E-state index is 0.183. The van der Waals surface area contributed by atoms with Gasteiger partial charge in [-0.3, -0.25) is 4.79 Å². The molecule has 0 aliphatic carbocycles. The molecule has 0 spiro atoms. The van der Waals surface area contributed by atoms with Gasteiger partial charge >= 0.3 is 5.97 Å². The molecule has 0 aromatic carbocycles. The number of thiophene rings is 1. The molecule has 0 atom stereocenters. The summed E-state index contributed by atoms with van der Waals surface area (Å²) < 4.78 is 0. The molecular weight excluding hydrogens is 252 g/mol. The van der Waals surface area contributed by atoms with Crippen LogP contribution in [0.5, 0.6) is 0 Å². The third-order valence-electron chi connectivity index (χ3n) is 2.17. The molecule has 0 saturated heterocycles. The van der Waals surface area contributed by atoms with Crippen LogP contribution in [0, 0.1) is 6.92 Å². The van der Waals surface area contributed by atoms with Crippen molar-refractivity contribution in [2.45, 2.75) is 6.92 Å². The summed E-state index contributed by atoms with van der Waals surface area (Å²) in [6, 6.07) is 8.15. The van der Waals surface area contributed by atoms with Gasteiger partial charge < -0.3 is 10.4 Å². The fraction of sp³-hybridized carbons (Fsp3) is 0.0833. The third kappa shape index (κ3) is 2.72. The van der Waals surface area contributed by atoms with Gasteiger partial charge in [0.1, 0.15) is 10.6 Å². The molecule has 2 aromatic rings. The summed E-state index contributed by atoms with van der Waals surface area (Å²) in [7, 11) is 0. The molecule has 18 heavy (non-hydrogen) atoms. The van der Waals surface area contributed by atoms with E-state index in [0.29, 0.717) is 10.7 Å². The number of aryl methyl sites for hydroxylation is 1. The first-order chi connectivity index (χ1) is 8.56. The number of anilines is 1. The van der Waals surface area contributed by atoms with Gasteiger partial charge in [0.25, 0.3) is 5.91 Å². The van der Waals surface area contributed by atoms with E-state index in [0.717, 1.165) is 17.0 Å². The second kappa shape index (κ2) is 4.97. The van der Waals surface area contributed by atoms with Crippen molar-refractivity contribution >= 4 is 28.2 Å². The van der Waals surface area contributed by atoms with Gasteiger partial charge in [-0.05, 0) is 31.2 Å². The number of rotatable bonds is 3. The summed E-state index contributed by atoms with van der Waals surface area (Å²) in [6.07, 6.45) is 0. The van der Waals surface area contributed by atoms with Crippen LogP contribution in [-0.4, -0.2) is 22.0 Å². The van der Waals surface area contributed by atoms with Gasteiger partial charge in [-0.15, -0.1) is 11.3 Å². The number of nitrogens with one attached hydrogen (secondary N) is 1. The highest BCUT2D eigenvalue weighted by atomic mass is 32.1. The fourth-order valence-electron chi connectivity index (χ4n) is 1.37. The monoisotopic (exact) mass is 262 g/mol. The summed E-state index contributed by atoms with van der Waals surface area (Å²) in [5, 5.41) is 11.9. The van der Waals surface area contributed by atoms with Gasteiger partial charge in [0.05, 0.1) is 5.00 Å². The normalized spacial score (nSPS) is 10.1. The molecule has 0 aliphatic heterocycles. The number of nitrogens with zero attached hydrogens (tertiary/aromatic N) is 1. The highest BCUT2D eigenvalue weighted by Crippen LogP contribution is 2.22. The Kier molecular flexibility index (Phi) is 3.38. The SMILES string of the molecule is Cc1cccc(C(=O)Nc2ccc(C(=O)O)s2)n1. The molecule has 0 radical (unpaired) electrons. The van der Waals surface area contributed by atoms with Crippen molar-refractivity contribution in [1.29, 1.82) is 0 Å². The minimum atomic E-state index is -1.01. The topological polar surface area (TPSA) is 79.3 Å². The molecule has 2 rings (SSSR count). The van der Waals surface area contributed by atoms with E-state index >= 15 is 0 Å². The zero-order chi connectivity index (χ0) is 13.1. The van der Waals surface area contributed by atoms with Crippen LogP contribution in [0.2, 0.25) is 0 Å². The van der Waals surface area contributed by atoms with Crippen LogP contribution in [-0.2, 0) is 0 Å². The predicted molar refractivity (Wildman–Crippen MR) is 68.2 cm³/mol. The molecule has 2 N–H and O–H groups in total. The molecule has 0 unspecified atom stereocenters. The fourth-order valence-corrected chi connectivity index (χ4v) is 2.11. The molecule has 0 fully saturated rings. The van der Waals surface area contributed by atoms with Gasteiger partial charge in [0.15, 0.2) is 0 Å². The summed E-state index contributed by atoms with van der Waals surface area (Å²) in [4.78, 5) is 26.8. The first-order valence-corrected chi connectivity index (χ1v) is 5.96. The first-order valence-electron chi connectivity index (χ1n) is 5.14. The Hall–Kier alpha value is -2.21. The van der Waals surface area contributed by atoms with Gasteiger partial charge in [0.2, 0.25) is 0 Å². The van der Waals surface area contributed by atoms with Crippen LogP contribution in [0.25, 0.3) is 0 Å². The Labute approximate surface area is 107 Å². The number of aromatic carboxylic acids is 1. The van der Waals surface area contributed by atoms with E-state index in [1.54, 1.807) is 31.2 Å².